The highest BCUT2D eigenvalue weighted by atomic mass is 80.9. The molecule has 29 nitrogen and oxygen atoms in total. The zero-order valence-electron chi connectivity index (χ0n) is 56.3. The van der Waals surface area contributed by atoms with Crippen molar-refractivity contribution in [2.75, 3.05) is 130 Å². The maximum Gasteiger partial charge on any atom is 0.519 e. The lowest BCUT2D eigenvalue weighted by Crippen LogP contribution is -2.50. The van der Waals surface area contributed by atoms with Crippen LogP contribution in [-0.2, 0) is 28.5 Å². The molecule has 34 heteroatoms. The molecule has 97 heavy (non-hydrogen) atoms. The average Bonchev–Trinajstić information content (AvgIpc) is 0.848. The summed E-state index contributed by atoms with van der Waals surface area (Å²) in [5.74, 6) is -0.833. The topological polar surface area (TPSA) is 351 Å². The molecule has 542 valence electrons. The maximum absolute atomic E-state index is 12.0. The highest BCUT2D eigenvalue weighted by Gasteiger charge is 2.29. The van der Waals surface area contributed by atoms with Gasteiger partial charge in [-0.1, -0.05) is 13.5 Å². The molecule has 8 rings (SSSR count). The molecule has 0 spiro atoms. The van der Waals surface area contributed by atoms with Crippen molar-refractivity contribution in [2.24, 2.45) is 0 Å². The molecular formula is C63H93Br5N12O17. The number of halogens is 5. The van der Waals surface area contributed by atoms with Gasteiger partial charge in [0.2, 0.25) is 0 Å². The number of anilines is 5. The Kier molecular flexibility index (Phi) is 38.3. The first kappa shape index (κ1) is 88.2. The lowest BCUT2D eigenvalue weighted by molar-refractivity contribution is -0.385. The highest BCUT2D eigenvalue weighted by molar-refractivity contribution is 9.93. The summed E-state index contributed by atoms with van der Waals surface area (Å²) in [4.78, 5) is 98.3. The van der Waals surface area contributed by atoms with E-state index in [2.05, 4.69) is 106 Å². The van der Waals surface area contributed by atoms with Gasteiger partial charge in [0.25, 0.3) is 23.0 Å². The number of nitrogen functional groups attached to an aromatic ring is 1. The number of nitro groups is 3. The van der Waals surface area contributed by atoms with Crippen LogP contribution in [0.1, 0.15) is 97.4 Å². The fraction of sp³-hybridized carbons (Fsp3) is 0.540. The first-order valence-corrected chi connectivity index (χ1v) is 36.2. The molecule has 0 atom stereocenters. The Bertz CT molecular complexity index is 3160. The van der Waals surface area contributed by atoms with Crippen LogP contribution in [0.5, 0.6) is 0 Å². The fourth-order valence-electron chi connectivity index (χ4n) is 8.61. The normalized spacial score (nSPS) is 14.5. The molecule has 4 aromatic carbocycles. The summed E-state index contributed by atoms with van der Waals surface area (Å²) in [6.07, 6.45) is -2.68. The predicted octanol–water partition coefficient (Wildman–Crippen LogP) is 14.6. The summed E-state index contributed by atoms with van der Waals surface area (Å²) in [6, 6.07) is 23.0. The number of benzene rings is 4. The van der Waals surface area contributed by atoms with Gasteiger partial charge in [0.15, 0.2) is 0 Å². The Morgan fingerprint density at radius 3 is 1.06 bits per heavy atom. The first-order chi connectivity index (χ1) is 44.6. The van der Waals surface area contributed by atoms with E-state index in [0.29, 0.717) is 48.2 Å². The number of carbonyl (C=O) groups excluding carboxylic acids is 4. The number of nitrogens with zero attached hydrogens (tertiary/aromatic N) is 9. The molecule has 0 bridgehead atoms. The number of nitrogens with two attached hydrogens (primary N) is 1. The van der Waals surface area contributed by atoms with Crippen molar-refractivity contribution < 1.29 is 67.5 Å². The third-order valence-corrected chi connectivity index (χ3v) is 14.8. The molecule has 4 aliphatic heterocycles. The van der Waals surface area contributed by atoms with E-state index < -0.39 is 45.6 Å². The van der Waals surface area contributed by atoms with Crippen LogP contribution < -0.4 is 36.0 Å². The molecule has 0 saturated carbocycles. The molecular weight excluding hydrogens is 1600 g/mol. The van der Waals surface area contributed by atoms with Crippen molar-refractivity contribution in [3.05, 3.63) is 123 Å². The van der Waals surface area contributed by atoms with Crippen molar-refractivity contribution in [3.8, 4) is 0 Å². The number of non-ortho nitro benzene ring substituents is 1. The number of piperazine rings is 4. The summed E-state index contributed by atoms with van der Waals surface area (Å²) >= 11 is 15.3. The van der Waals surface area contributed by atoms with Crippen molar-refractivity contribution in [3.63, 3.8) is 0 Å². The van der Waals surface area contributed by atoms with Crippen molar-refractivity contribution >= 4 is 152 Å². The van der Waals surface area contributed by atoms with Gasteiger partial charge >= 0.3 is 24.5 Å². The number of nitrogens with one attached hydrogen (secondary N) is 2. The number of ether oxygens (including phenoxy) is 5. The van der Waals surface area contributed by atoms with E-state index in [1.165, 1.54) is 6.07 Å². The van der Waals surface area contributed by atoms with Crippen molar-refractivity contribution in [1.82, 2.24) is 20.4 Å². The van der Waals surface area contributed by atoms with Crippen LogP contribution in [0, 0.1) is 30.3 Å². The second-order valence-electron chi connectivity index (χ2n) is 25.2. The molecule has 5 N–H and O–H groups in total. The lowest BCUT2D eigenvalue weighted by Gasteiger charge is -2.36. The van der Waals surface area contributed by atoms with Crippen LogP contribution in [-0.4, -0.2) is 187 Å². The number of amides is 2. The lowest BCUT2D eigenvalue weighted by atomic mass is 10.2. The SMILES string of the molecule is BrBr.C.CC(=O)O.CC(C)(C)OC(=O)N1CCN(c2ccc(Br)c(N)c2)CC1.CC(C)(C)OC(=O)N1CCN(c2ccc(Br)c([N+](=O)[O-])c2)CC1.CC(C)(C)OC(=O)OC(=O)OC(C)(C)C.O=[N+]([O-])c1cc(N2CCNCC2)ccc1Br.O=[N+]([O-])c1cccc(N2CCNCC2)c1. The molecule has 4 saturated heterocycles. The average molecular weight is 1690 g/mol. The summed E-state index contributed by atoms with van der Waals surface area (Å²) in [6.45, 7) is 34.7. The van der Waals surface area contributed by atoms with Crippen LogP contribution in [0.3, 0.4) is 0 Å². The largest absolute Gasteiger partial charge is 0.519 e. The number of nitro benzene ring substituents is 3. The summed E-state index contributed by atoms with van der Waals surface area (Å²) < 4.78 is 26.4. The number of aliphatic carboxylic acids is 1. The quantitative estimate of drug-likeness (QED) is 0.0333. The number of hydrogen-bond acceptors (Lipinski definition) is 23. The molecule has 0 aliphatic carbocycles. The maximum atomic E-state index is 12.0. The number of hydrogen-bond donors (Lipinski definition) is 4. The van der Waals surface area contributed by atoms with Gasteiger partial charge in [-0.15, -0.1) is 0 Å². The number of carboxylic acids is 1. The van der Waals surface area contributed by atoms with Gasteiger partial charge in [-0.2, -0.15) is 0 Å². The second-order valence-corrected chi connectivity index (χ2v) is 27.8. The Hall–Kier alpha value is -6.85. The van der Waals surface area contributed by atoms with Gasteiger partial charge < -0.3 is 74.6 Å². The molecule has 2 amide bonds. The molecule has 4 heterocycles. The standard InChI is InChI=1S/C15H20BrN3O4.C15H22BrN3O2.C10H12BrN3O2.C10H13N3O2.C10H18O5.C2H4O2.CH4.Br2/c1-15(2,3)23-14(20)18-8-6-17(7-9-18)11-4-5-12(16)13(10-11)19(21)22;1-15(2,3)21-14(20)19-8-6-18(7-9-19)11-4-5-12(16)13(17)10-11;11-9-2-1-8(7-10(9)14(15)16)13-5-3-12-4-6-13;14-13(15)10-3-1-2-9(8-10)12-6-4-11-5-7-12;1-9(2,3)14-7(11)13-8(12)15-10(4,5)6;1-2(3)4;;1-2/h4-5,10H,6-9H2,1-3H3;4-5,10H,6-9,17H2,1-3H3;1-2,7,12H,3-6H2;1-3,8,11H,4-7H2;1-6H3;1H3,(H,3,4);1H4;. The third-order valence-electron chi connectivity index (χ3n) is 12.8. The van der Waals surface area contributed by atoms with Crippen LogP contribution in [0.4, 0.5) is 64.7 Å². The van der Waals surface area contributed by atoms with Crippen LogP contribution in [0.15, 0.2) is 92.3 Å². The number of rotatable bonds is 7. The molecule has 0 aromatic heterocycles. The van der Waals surface area contributed by atoms with Gasteiger partial charge in [0.05, 0.1) is 23.7 Å². The minimum absolute atomic E-state index is 0. The van der Waals surface area contributed by atoms with E-state index in [4.69, 9.17) is 34.6 Å². The summed E-state index contributed by atoms with van der Waals surface area (Å²) in [5.41, 5.74) is 8.32. The molecule has 0 unspecified atom stereocenters. The molecule has 4 aliphatic rings. The van der Waals surface area contributed by atoms with E-state index in [-0.39, 0.29) is 46.5 Å². The van der Waals surface area contributed by atoms with Gasteiger partial charge in [-0.05, 0) is 179 Å². The summed E-state index contributed by atoms with van der Waals surface area (Å²) in [5, 5.41) is 46.3. The van der Waals surface area contributed by atoms with Crippen LogP contribution in [0.25, 0.3) is 0 Å². The van der Waals surface area contributed by atoms with E-state index in [0.717, 1.165) is 105 Å². The zero-order chi connectivity index (χ0) is 72.9. The fourth-order valence-corrected chi connectivity index (χ4v) is 9.64. The third kappa shape index (κ3) is 35.5. The Morgan fingerprint density at radius 1 is 0.464 bits per heavy atom. The molecule has 4 fully saturated rings. The van der Waals surface area contributed by atoms with Crippen molar-refractivity contribution in [1.29, 1.82) is 0 Å². The number of carbonyl (C=O) groups is 5. The first-order valence-electron chi connectivity index (χ1n) is 30.1. The molecule has 0 radical (unpaired) electrons. The van der Waals surface area contributed by atoms with E-state index in [9.17, 15) is 49.5 Å². The van der Waals surface area contributed by atoms with E-state index >= 15 is 0 Å². The van der Waals surface area contributed by atoms with Gasteiger partial charge in [0, 0.05) is 197 Å². The van der Waals surface area contributed by atoms with Gasteiger partial charge in [0.1, 0.15) is 22.4 Å². The minimum atomic E-state index is -1.06. The van der Waals surface area contributed by atoms with Crippen LogP contribution >= 0.6 is 76.0 Å². The Morgan fingerprint density at radius 2 is 0.763 bits per heavy atom. The van der Waals surface area contributed by atoms with Gasteiger partial charge in [-0.25, -0.2) is 19.2 Å². The highest BCUT2D eigenvalue weighted by Crippen LogP contribution is 2.32. The summed E-state index contributed by atoms with van der Waals surface area (Å²) in [7, 11) is 0. The van der Waals surface area contributed by atoms with E-state index in [1.807, 2.05) is 82.8 Å². The zero-order valence-corrected chi connectivity index (χ0v) is 64.2. The predicted molar refractivity (Wildman–Crippen MR) is 395 cm³/mol. The van der Waals surface area contributed by atoms with E-state index in [1.54, 1.807) is 87.7 Å². The number of carboxylic acid groups (broad SMARTS) is 1. The Balaban J connectivity index is 0.000000598. The van der Waals surface area contributed by atoms with Gasteiger partial charge in [-0.3, -0.25) is 35.1 Å². The monoisotopic (exact) mass is 1680 g/mol. The minimum Gasteiger partial charge on any atom is -0.481 e. The second kappa shape index (κ2) is 42.2. The van der Waals surface area contributed by atoms with Crippen molar-refractivity contribution in [2.45, 2.75) is 120 Å². The van der Waals surface area contributed by atoms with Crippen LogP contribution in [0.2, 0.25) is 0 Å². The molecule has 4 aromatic rings. The Labute approximate surface area is 608 Å². The smallest absolute Gasteiger partial charge is 0.481 e.